The summed E-state index contributed by atoms with van der Waals surface area (Å²) in [6, 6.07) is 0. The van der Waals surface area contributed by atoms with Crippen LogP contribution in [0.3, 0.4) is 0 Å². The van der Waals surface area contributed by atoms with Crippen molar-refractivity contribution in [3.8, 4) is 0 Å². The van der Waals surface area contributed by atoms with E-state index in [-0.39, 0.29) is 0 Å². The Morgan fingerprint density at radius 1 is 1.20 bits per heavy atom. The summed E-state index contributed by atoms with van der Waals surface area (Å²) in [5, 5.41) is 0. The Hall–Kier alpha value is -1.18. The van der Waals surface area contributed by atoms with Crippen molar-refractivity contribution in [1.29, 1.82) is 0 Å². The second kappa shape index (κ2) is 2.60. The highest BCUT2D eigenvalue weighted by Gasteiger charge is 2.12. The van der Waals surface area contributed by atoms with Crippen LogP contribution in [0.1, 0.15) is 0 Å². The average Bonchev–Trinajstić information content (AvgIpc) is 2.30. The van der Waals surface area contributed by atoms with Gasteiger partial charge in [-0.3, -0.25) is 0 Å². The lowest BCUT2D eigenvalue weighted by atomic mass is 10.3. The maximum Gasteiger partial charge on any atom is 0.167 e. The van der Waals surface area contributed by atoms with E-state index in [2.05, 4.69) is 6.58 Å². The van der Waals surface area contributed by atoms with Crippen LogP contribution in [-0.2, 0) is 9.47 Å². The molecule has 0 amide bonds. The SMILES string of the molecule is C=C1C=CC(OC)=C1OC. The summed E-state index contributed by atoms with van der Waals surface area (Å²) < 4.78 is 10.0. The smallest absolute Gasteiger partial charge is 0.167 e. The molecular formula is C8H10O2. The van der Waals surface area contributed by atoms with Gasteiger partial charge in [-0.25, -0.2) is 0 Å². The molecule has 0 aromatic heterocycles. The molecule has 1 rings (SSSR count). The first-order valence-electron chi connectivity index (χ1n) is 2.99. The monoisotopic (exact) mass is 138 g/mol. The van der Waals surface area contributed by atoms with E-state index in [9.17, 15) is 0 Å². The fourth-order valence-electron chi connectivity index (χ4n) is 0.878. The minimum absolute atomic E-state index is 0.725. The summed E-state index contributed by atoms with van der Waals surface area (Å²) in [6.45, 7) is 3.75. The van der Waals surface area contributed by atoms with Crippen LogP contribution in [0.5, 0.6) is 0 Å². The molecule has 0 unspecified atom stereocenters. The van der Waals surface area contributed by atoms with E-state index >= 15 is 0 Å². The van der Waals surface area contributed by atoms with Gasteiger partial charge in [-0.15, -0.1) is 0 Å². The highest BCUT2D eigenvalue weighted by Crippen LogP contribution is 2.23. The molecule has 1 aliphatic rings. The van der Waals surface area contributed by atoms with E-state index in [1.54, 1.807) is 14.2 Å². The number of rotatable bonds is 2. The second-order valence-corrected chi connectivity index (χ2v) is 1.96. The van der Waals surface area contributed by atoms with Crippen molar-refractivity contribution in [2.75, 3.05) is 14.2 Å². The quantitative estimate of drug-likeness (QED) is 0.577. The minimum atomic E-state index is 0.725. The van der Waals surface area contributed by atoms with Gasteiger partial charge in [0.1, 0.15) is 0 Å². The van der Waals surface area contributed by atoms with E-state index in [1.807, 2.05) is 12.2 Å². The van der Waals surface area contributed by atoms with Crippen molar-refractivity contribution >= 4 is 0 Å². The maximum atomic E-state index is 5.02. The summed E-state index contributed by atoms with van der Waals surface area (Å²) in [5.74, 6) is 1.47. The third-order valence-electron chi connectivity index (χ3n) is 1.38. The average molecular weight is 138 g/mol. The molecule has 0 N–H and O–H groups in total. The van der Waals surface area contributed by atoms with E-state index < -0.39 is 0 Å². The van der Waals surface area contributed by atoms with Crippen LogP contribution < -0.4 is 0 Å². The molecule has 0 radical (unpaired) electrons. The van der Waals surface area contributed by atoms with Crippen molar-refractivity contribution in [2.24, 2.45) is 0 Å². The zero-order valence-electron chi connectivity index (χ0n) is 6.18. The van der Waals surface area contributed by atoms with Crippen LogP contribution in [-0.4, -0.2) is 14.2 Å². The molecule has 0 aromatic carbocycles. The highest BCUT2D eigenvalue weighted by molar-refractivity contribution is 5.46. The number of hydrogen-bond donors (Lipinski definition) is 0. The molecule has 0 saturated carbocycles. The molecule has 0 aliphatic heterocycles. The summed E-state index contributed by atoms with van der Waals surface area (Å²) in [5.41, 5.74) is 0.861. The van der Waals surface area contributed by atoms with Crippen LogP contribution in [0.25, 0.3) is 0 Å². The number of hydrogen-bond acceptors (Lipinski definition) is 2. The molecule has 2 nitrogen and oxygen atoms in total. The lowest BCUT2D eigenvalue weighted by molar-refractivity contribution is 0.242. The number of ether oxygens (including phenoxy) is 2. The van der Waals surface area contributed by atoms with Gasteiger partial charge in [-0.05, 0) is 12.2 Å². The van der Waals surface area contributed by atoms with Crippen LogP contribution >= 0.6 is 0 Å². The Morgan fingerprint density at radius 3 is 2.30 bits per heavy atom. The lowest BCUT2D eigenvalue weighted by Crippen LogP contribution is -1.90. The largest absolute Gasteiger partial charge is 0.493 e. The van der Waals surface area contributed by atoms with E-state index in [0.29, 0.717) is 0 Å². The second-order valence-electron chi connectivity index (χ2n) is 1.96. The van der Waals surface area contributed by atoms with Gasteiger partial charge in [0.25, 0.3) is 0 Å². The fourth-order valence-corrected chi connectivity index (χ4v) is 0.878. The highest BCUT2D eigenvalue weighted by atomic mass is 16.5. The first-order valence-corrected chi connectivity index (χ1v) is 2.99. The minimum Gasteiger partial charge on any atom is -0.493 e. The third-order valence-corrected chi connectivity index (χ3v) is 1.38. The lowest BCUT2D eigenvalue weighted by Gasteiger charge is -2.03. The zero-order valence-corrected chi connectivity index (χ0v) is 6.18. The third kappa shape index (κ3) is 0.923. The summed E-state index contributed by atoms with van der Waals surface area (Å²) in [7, 11) is 3.21. The number of methoxy groups -OCH3 is 2. The van der Waals surface area contributed by atoms with Crippen molar-refractivity contribution in [2.45, 2.75) is 0 Å². The maximum absolute atomic E-state index is 5.02. The molecular weight excluding hydrogens is 128 g/mol. The fraction of sp³-hybridized carbons (Fsp3) is 0.250. The van der Waals surface area contributed by atoms with Crippen molar-refractivity contribution in [3.63, 3.8) is 0 Å². The molecule has 10 heavy (non-hydrogen) atoms. The molecule has 0 heterocycles. The molecule has 0 aromatic rings. The molecule has 1 aliphatic carbocycles. The topological polar surface area (TPSA) is 18.5 Å². The van der Waals surface area contributed by atoms with Gasteiger partial charge >= 0.3 is 0 Å². The summed E-state index contributed by atoms with van der Waals surface area (Å²) in [4.78, 5) is 0. The Labute approximate surface area is 60.4 Å². The predicted molar refractivity (Wildman–Crippen MR) is 39.3 cm³/mol. The Bertz CT molecular complexity index is 205. The Morgan fingerprint density at radius 2 is 1.90 bits per heavy atom. The molecule has 0 fully saturated rings. The van der Waals surface area contributed by atoms with Crippen LogP contribution in [0, 0.1) is 0 Å². The van der Waals surface area contributed by atoms with E-state index in [4.69, 9.17) is 9.47 Å². The first-order chi connectivity index (χ1) is 4.79. The predicted octanol–water partition coefficient (Wildman–Crippen LogP) is 1.62. The normalized spacial score (nSPS) is 16.4. The van der Waals surface area contributed by atoms with E-state index in [0.717, 1.165) is 17.1 Å². The van der Waals surface area contributed by atoms with Gasteiger partial charge in [0.15, 0.2) is 11.5 Å². The first kappa shape index (κ1) is 6.93. The van der Waals surface area contributed by atoms with Gasteiger partial charge in [0.2, 0.25) is 0 Å². The van der Waals surface area contributed by atoms with Gasteiger partial charge in [0.05, 0.1) is 14.2 Å². The van der Waals surface area contributed by atoms with Gasteiger partial charge in [0, 0.05) is 5.57 Å². The Kier molecular flexibility index (Phi) is 1.81. The van der Waals surface area contributed by atoms with Crippen LogP contribution in [0.4, 0.5) is 0 Å². The molecule has 2 heteroatoms. The van der Waals surface area contributed by atoms with Crippen LogP contribution in [0.2, 0.25) is 0 Å². The van der Waals surface area contributed by atoms with Crippen molar-refractivity contribution < 1.29 is 9.47 Å². The van der Waals surface area contributed by atoms with Crippen molar-refractivity contribution in [1.82, 2.24) is 0 Å². The van der Waals surface area contributed by atoms with Gasteiger partial charge < -0.3 is 9.47 Å². The molecule has 54 valence electrons. The Balaban J connectivity index is 2.90. The van der Waals surface area contributed by atoms with Crippen molar-refractivity contribution in [3.05, 3.63) is 35.8 Å². The molecule has 0 atom stereocenters. The van der Waals surface area contributed by atoms with Gasteiger partial charge in [-0.1, -0.05) is 6.58 Å². The summed E-state index contributed by atoms with van der Waals surface area (Å²) in [6.07, 6.45) is 3.69. The van der Waals surface area contributed by atoms with Gasteiger partial charge in [-0.2, -0.15) is 0 Å². The van der Waals surface area contributed by atoms with E-state index in [1.165, 1.54) is 0 Å². The van der Waals surface area contributed by atoms with Crippen LogP contribution in [0.15, 0.2) is 35.8 Å². The number of allylic oxidation sites excluding steroid dienone is 2. The standard InChI is InChI=1S/C8H10O2/c1-6-4-5-7(9-2)8(6)10-3/h4-5H,1H2,2-3H3. The molecule has 0 bridgehead atoms. The molecule has 0 saturated heterocycles. The zero-order chi connectivity index (χ0) is 7.56. The molecule has 0 spiro atoms. The summed E-state index contributed by atoms with van der Waals surface area (Å²) >= 11 is 0.